The summed E-state index contributed by atoms with van der Waals surface area (Å²) in [6.45, 7) is 0.186. The Morgan fingerprint density at radius 3 is 3.00 bits per heavy atom. The van der Waals surface area contributed by atoms with Crippen molar-refractivity contribution < 1.29 is 4.79 Å². The zero-order chi connectivity index (χ0) is 14.1. The number of pyridine rings is 1. The Morgan fingerprint density at radius 1 is 1.40 bits per heavy atom. The van der Waals surface area contributed by atoms with Crippen LogP contribution in [0.4, 0.5) is 5.69 Å². The van der Waals surface area contributed by atoms with E-state index in [2.05, 4.69) is 16.2 Å². The van der Waals surface area contributed by atoms with Gasteiger partial charge in [-0.2, -0.15) is 0 Å². The SMILES string of the molecule is C#CCNC(=O)c1sc2c(cnc3ccccc32)c1N. The first-order valence-corrected chi connectivity index (χ1v) is 6.81. The van der Waals surface area contributed by atoms with Crippen molar-refractivity contribution in [3.63, 3.8) is 0 Å². The molecule has 0 unspecified atom stereocenters. The molecule has 20 heavy (non-hydrogen) atoms. The first-order valence-electron chi connectivity index (χ1n) is 5.99. The van der Waals surface area contributed by atoms with Gasteiger partial charge in [-0.1, -0.05) is 24.1 Å². The fourth-order valence-electron chi connectivity index (χ4n) is 2.08. The van der Waals surface area contributed by atoms with Crippen LogP contribution in [0.3, 0.4) is 0 Å². The molecule has 1 amide bonds. The highest BCUT2D eigenvalue weighted by molar-refractivity contribution is 7.22. The lowest BCUT2D eigenvalue weighted by Crippen LogP contribution is -2.23. The lowest BCUT2D eigenvalue weighted by molar-refractivity contribution is 0.0963. The second-order valence-corrected chi connectivity index (χ2v) is 5.27. The number of amides is 1. The summed E-state index contributed by atoms with van der Waals surface area (Å²) in [7, 11) is 0. The molecule has 0 aliphatic rings. The van der Waals surface area contributed by atoms with E-state index in [-0.39, 0.29) is 12.5 Å². The van der Waals surface area contributed by atoms with Crippen molar-refractivity contribution >= 4 is 43.9 Å². The van der Waals surface area contributed by atoms with Crippen molar-refractivity contribution in [3.05, 3.63) is 35.3 Å². The summed E-state index contributed by atoms with van der Waals surface area (Å²) in [5.41, 5.74) is 7.40. The molecule has 0 spiro atoms. The van der Waals surface area contributed by atoms with Crippen LogP contribution >= 0.6 is 11.3 Å². The van der Waals surface area contributed by atoms with Crippen molar-refractivity contribution in [2.45, 2.75) is 0 Å². The molecule has 1 aromatic carbocycles. The number of nitrogens with two attached hydrogens (primary N) is 1. The molecule has 98 valence electrons. The van der Waals surface area contributed by atoms with Gasteiger partial charge in [0, 0.05) is 21.7 Å². The van der Waals surface area contributed by atoms with Gasteiger partial charge >= 0.3 is 0 Å². The number of terminal acetylenes is 1. The number of hydrogen-bond acceptors (Lipinski definition) is 4. The van der Waals surface area contributed by atoms with Crippen molar-refractivity contribution in [2.75, 3.05) is 12.3 Å². The maximum absolute atomic E-state index is 12.0. The minimum atomic E-state index is -0.245. The smallest absolute Gasteiger partial charge is 0.264 e. The van der Waals surface area contributed by atoms with Crippen molar-refractivity contribution in [1.29, 1.82) is 0 Å². The van der Waals surface area contributed by atoms with Crippen LogP contribution < -0.4 is 11.1 Å². The first kappa shape index (κ1) is 12.5. The topological polar surface area (TPSA) is 68.0 Å². The third-order valence-electron chi connectivity index (χ3n) is 3.02. The van der Waals surface area contributed by atoms with Crippen LogP contribution in [0.1, 0.15) is 9.67 Å². The maximum Gasteiger partial charge on any atom is 0.264 e. The third-order valence-corrected chi connectivity index (χ3v) is 4.28. The molecular weight excluding hydrogens is 270 g/mol. The van der Waals surface area contributed by atoms with E-state index in [0.29, 0.717) is 10.6 Å². The molecule has 4 nitrogen and oxygen atoms in total. The van der Waals surface area contributed by atoms with E-state index in [1.165, 1.54) is 11.3 Å². The molecule has 0 saturated heterocycles. The second kappa shape index (κ2) is 4.83. The summed E-state index contributed by atoms with van der Waals surface area (Å²) >= 11 is 1.37. The Morgan fingerprint density at radius 2 is 2.20 bits per heavy atom. The van der Waals surface area contributed by atoms with E-state index in [4.69, 9.17) is 12.2 Å². The van der Waals surface area contributed by atoms with Gasteiger partial charge in [0.25, 0.3) is 5.91 Å². The van der Waals surface area contributed by atoms with E-state index in [9.17, 15) is 4.79 Å². The van der Waals surface area contributed by atoms with E-state index in [1.54, 1.807) is 6.20 Å². The standard InChI is InChI=1S/C15H11N3OS/c1-2-7-17-15(19)14-12(16)10-8-18-11-6-4-3-5-9(11)13(10)20-14/h1,3-6,8H,7,16H2,(H,17,19). The van der Waals surface area contributed by atoms with Crippen LogP contribution in [0.2, 0.25) is 0 Å². The van der Waals surface area contributed by atoms with Crippen LogP contribution in [-0.4, -0.2) is 17.4 Å². The number of rotatable bonds is 2. The number of fused-ring (bicyclic) bond motifs is 3. The lowest BCUT2D eigenvalue weighted by atomic mass is 10.1. The first-order chi connectivity index (χ1) is 9.72. The Bertz CT molecular complexity index is 861. The molecule has 0 aliphatic carbocycles. The molecule has 2 heterocycles. The number of anilines is 1. The molecule has 5 heteroatoms. The van der Waals surface area contributed by atoms with Gasteiger partial charge in [0.2, 0.25) is 0 Å². The zero-order valence-electron chi connectivity index (χ0n) is 10.5. The minimum absolute atomic E-state index is 0.186. The van der Waals surface area contributed by atoms with Crippen LogP contribution in [0.25, 0.3) is 21.0 Å². The molecule has 3 rings (SSSR count). The number of carbonyl (C=O) groups excluding carboxylic acids is 1. The average Bonchev–Trinajstić information content (AvgIpc) is 2.82. The Balaban J connectivity index is 2.21. The van der Waals surface area contributed by atoms with Gasteiger partial charge in [-0.15, -0.1) is 17.8 Å². The summed E-state index contributed by atoms with van der Waals surface area (Å²) in [5, 5.41) is 4.44. The van der Waals surface area contributed by atoms with Crippen molar-refractivity contribution in [3.8, 4) is 12.3 Å². The summed E-state index contributed by atoms with van der Waals surface area (Å²) in [6, 6.07) is 7.78. The lowest BCUT2D eigenvalue weighted by Gasteiger charge is -1.99. The molecule has 0 bridgehead atoms. The summed E-state index contributed by atoms with van der Waals surface area (Å²) in [4.78, 5) is 16.9. The molecule has 0 saturated carbocycles. The largest absolute Gasteiger partial charge is 0.397 e. The van der Waals surface area contributed by atoms with Crippen molar-refractivity contribution in [1.82, 2.24) is 10.3 Å². The Kier molecular flexibility index (Phi) is 3.01. The summed E-state index contributed by atoms with van der Waals surface area (Å²) in [5.74, 6) is 2.13. The van der Waals surface area contributed by atoms with Gasteiger partial charge in [-0.3, -0.25) is 9.78 Å². The predicted octanol–water partition coefficient (Wildman–Crippen LogP) is 2.39. The van der Waals surface area contributed by atoms with Gasteiger partial charge in [-0.05, 0) is 6.07 Å². The van der Waals surface area contributed by atoms with Crippen LogP contribution in [0.5, 0.6) is 0 Å². The monoisotopic (exact) mass is 281 g/mol. The van der Waals surface area contributed by atoms with Gasteiger partial charge < -0.3 is 11.1 Å². The van der Waals surface area contributed by atoms with Crippen molar-refractivity contribution in [2.24, 2.45) is 0 Å². The fraction of sp³-hybridized carbons (Fsp3) is 0.0667. The molecule has 3 aromatic rings. The maximum atomic E-state index is 12.0. The second-order valence-electron chi connectivity index (χ2n) is 4.25. The van der Waals surface area contributed by atoms with Crippen LogP contribution in [-0.2, 0) is 0 Å². The van der Waals surface area contributed by atoms with Crippen LogP contribution in [0, 0.1) is 12.3 Å². The quantitative estimate of drug-likeness (QED) is 0.709. The van der Waals surface area contributed by atoms with Gasteiger partial charge in [0.15, 0.2) is 0 Å². The molecule has 0 radical (unpaired) electrons. The molecule has 0 fully saturated rings. The van der Waals surface area contributed by atoms with E-state index in [0.717, 1.165) is 21.0 Å². The molecule has 0 atom stereocenters. The Hall–Kier alpha value is -2.58. The van der Waals surface area contributed by atoms with Gasteiger partial charge in [-0.25, -0.2) is 0 Å². The molecular formula is C15H11N3OS. The Labute approximate surface area is 119 Å². The summed E-state index contributed by atoms with van der Waals surface area (Å²) in [6.07, 6.45) is 6.85. The average molecular weight is 281 g/mol. The van der Waals surface area contributed by atoms with E-state index in [1.807, 2.05) is 24.3 Å². The minimum Gasteiger partial charge on any atom is -0.397 e. The predicted molar refractivity (Wildman–Crippen MR) is 82.7 cm³/mol. The number of aromatic nitrogens is 1. The normalized spacial score (nSPS) is 10.6. The molecule has 0 aliphatic heterocycles. The van der Waals surface area contributed by atoms with Crippen LogP contribution in [0.15, 0.2) is 30.5 Å². The zero-order valence-corrected chi connectivity index (χ0v) is 11.3. The molecule has 2 aromatic heterocycles. The number of nitrogens with zero attached hydrogens (tertiary/aromatic N) is 1. The number of thiophene rings is 1. The third kappa shape index (κ3) is 1.87. The highest BCUT2D eigenvalue weighted by atomic mass is 32.1. The highest BCUT2D eigenvalue weighted by Crippen LogP contribution is 2.37. The number of nitrogens with one attached hydrogen (secondary N) is 1. The molecule has 3 N–H and O–H groups in total. The van der Waals surface area contributed by atoms with E-state index < -0.39 is 0 Å². The number of carbonyl (C=O) groups is 1. The number of para-hydroxylation sites is 1. The number of hydrogen-bond donors (Lipinski definition) is 2. The van der Waals surface area contributed by atoms with E-state index >= 15 is 0 Å². The van der Waals surface area contributed by atoms with Gasteiger partial charge in [0.1, 0.15) is 4.88 Å². The number of benzene rings is 1. The van der Waals surface area contributed by atoms with Gasteiger partial charge in [0.05, 0.1) is 17.7 Å². The number of nitrogen functional groups attached to an aromatic ring is 1. The fourth-order valence-corrected chi connectivity index (χ4v) is 3.22. The highest BCUT2D eigenvalue weighted by Gasteiger charge is 2.17. The summed E-state index contributed by atoms with van der Waals surface area (Å²) < 4.78 is 0.971.